The highest BCUT2D eigenvalue weighted by molar-refractivity contribution is 7.91. The van der Waals surface area contributed by atoms with Crippen LogP contribution in [-0.4, -0.2) is 31.9 Å². The molecule has 0 radical (unpaired) electrons. The second-order valence-electron chi connectivity index (χ2n) is 4.15. The van der Waals surface area contributed by atoms with E-state index in [1.807, 2.05) is 0 Å². The highest BCUT2D eigenvalue weighted by Crippen LogP contribution is 2.21. The Morgan fingerprint density at radius 1 is 1.47 bits per heavy atom. The van der Waals surface area contributed by atoms with Crippen LogP contribution < -0.4 is 15.8 Å². The molecule has 1 amide bonds. The Morgan fingerprint density at radius 2 is 2.16 bits per heavy atom. The number of hydrogen-bond acceptors (Lipinski definition) is 5. The zero-order valence-corrected chi connectivity index (χ0v) is 12.3. The predicted octanol–water partition coefficient (Wildman–Crippen LogP) is -0.0608. The number of nitrogens with two attached hydrogens (primary N) is 1. The van der Waals surface area contributed by atoms with Crippen molar-refractivity contribution in [2.45, 2.75) is 23.1 Å². The smallest absolute Gasteiger partial charge is 0.250 e. The standard InChI is InChI=1S/C10H13N3O3S3/c11-10(17)7-3-4-9(18-7)19(15,16)12-5-8(14)13-6-1-2-6/h3-4,6,12H,1-2,5H2,(H2,11,17)(H,13,14). The summed E-state index contributed by atoms with van der Waals surface area (Å²) in [6, 6.07) is 3.17. The Kier molecular flexibility index (Phi) is 4.19. The van der Waals surface area contributed by atoms with Crippen LogP contribution in [0.25, 0.3) is 0 Å². The van der Waals surface area contributed by atoms with E-state index in [2.05, 4.69) is 10.0 Å². The zero-order valence-electron chi connectivity index (χ0n) is 9.88. The first-order valence-corrected chi connectivity index (χ1v) is 8.28. The monoisotopic (exact) mass is 319 g/mol. The van der Waals surface area contributed by atoms with E-state index in [1.54, 1.807) is 6.07 Å². The summed E-state index contributed by atoms with van der Waals surface area (Å²) in [7, 11) is -3.69. The van der Waals surface area contributed by atoms with Crippen molar-refractivity contribution in [3.8, 4) is 0 Å². The van der Waals surface area contributed by atoms with E-state index in [-0.39, 0.29) is 27.7 Å². The summed E-state index contributed by atoms with van der Waals surface area (Å²) in [4.78, 5) is 12.1. The normalized spacial score (nSPS) is 15.2. The lowest BCUT2D eigenvalue weighted by Crippen LogP contribution is -2.37. The van der Waals surface area contributed by atoms with Crippen molar-refractivity contribution in [2.75, 3.05) is 6.54 Å². The van der Waals surface area contributed by atoms with Crippen LogP contribution in [0.15, 0.2) is 16.3 Å². The molecule has 9 heteroatoms. The third-order valence-corrected chi connectivity index (χ3v) is 5.81. The molecule has 1 saturated carbocycles. The molecule has 1 aromatic rings. The van der Waals surface area contributed by atoms with Gasteiger partial charge in [0.1, 0.15) is 9.20 Å². The Balaban J connectivity index is 1.96. The van der Waals surface area contributed by atoms with E-state index >= 15 is 0 Å². The van der Waals surface area contributed by atoms with E-state index in [0.29, 0.717) is 4.88 Å². The van der Waals surface area contributed by atoms with E-state index in [0.717, 1.165) is 24.2 Å². The van der Waals surface area contributed by atoms with Gasteiger partial charge in [-0.3, -0.25) is 4.79 Å². The molecular weight excluding hydrogens is 306 g/mol. The lowest BCUT2D eigenvalue weighted by Gasteiger charge is -2.05. The van der Waals surface area contributed by atoms with Gasteiger partial charge < -0.3 is 11.1 Å². The van der Waals surface area contributed by atoms with Gasteiger partial charge in [0.2, 0.25) is 5.91 Å². The molecule has 0 atom stereocenters. The first-order chi connectivity index (χ1) is 8.88. The minimum absolute atomic E-state index is 0.0921. The molecule has 0 aromatic carbocycles. The van der Waals surface area contributed by atoms with Crippen molar-refractivity contribution in [3.05, 3.63) is 17.0 Å². The highest BCUT2D eigenvalue weighted by atomic mass is 32.2. The second-order valence-corrected chi connectivity index (χ2v) is 7.67. The van der Waals surface area contributed by atoms with Gasteiger partial charge in [-0.2, -0.15) is 0 Å². The SMILES string of the molecule is NC(=S)c1ccc(S(=O)(=O)NCC(=O)NC2CC2)s1. The molecule has 104 valence electrons. The van der Waals surface area contributed by atoms with Crippen LogP contribution in [0.3, 0.4) is 0 Å². The van der Waals surface area contributed by atoms with Gasteiger partial charge in [0.05, 0.1) is 11.4 Å². The number of amides is 1. The lowest BCUT2D eigenvalue weighted by atomic mass is 10.5. The molecule has 6 nitrogen and oxygen atoms in total. The molecule has 0 aliphatic heterocycles. The Hall–Kier alpha value is -1.03. The maximum Gasteiger partial charge on any atom is 0.250 e. The molecular formula is C10H13N3O3S3. The molecule has 1 heterocycles. The molecule has 4 N–H and O–H groups in total. The fourth-order valence-electron chi connectivity index (χ4n) is 1.34. The maximum atomic E-state index is 11.9. The second kappa shape index (κ2) is 5.53. The van der Waals surface area contributed by atoms with Gasteiger partial charge >= 0.3 is 0 Å². The number of nitrogens with one attached hydrogen (secondary N) is 2. The molecule has 19 heavy (non-hydrogen) atoms. The van der Waals surface area contributed by atoms with E-state index < -0.39 is 10.0 Å². The minimum atomic E-state index is -3.69. The van der Waals surface area contributed by atoms with Crippen molar-refractivity contribution >= 4 is 44.5 Å². The number of carbonyl (C=O) groups excluding carboxylic acids is 1. The van der Waals surface area contributed by atoms with Crippen LogP contribution >= 0.6 is 23.6 Å². The molecule has 1 aliphatic rings. The Labute approximate surface area is 120 Å². The van der Waals surface area contributed by atoms with Crippen LogP contribution in [0.1, 0.15) is 17.7 Å². The van der Waals surface area contributed by atoms with E-state index in [1.165, 1.54) is 6.07 Å². The fourth-order valence-corrected chi connectivity index (χ4v) is 3.71. The van der Waals surface area contributed by atoms with Crippen molar-refractivity contribution in [2.24, 2.45) is 5.73 Å². The number of sulfonamides is 1. The van der Waals surface area contributed by atoms with Gasteiger partial charge in [0.15, 0.2) is 0 Å². The topological polar surface area (TPSA) is 101 Å². The van der Waals surface area contributed by atoms with Crippen LogP contribution in [0.2, 0.25) is 0 Å². The molecule has 1 fully saturated rings. The fraction of sp³-hybridized carbons (Fsp3) is 0.400. The summed E-state index contributed by atoms with van der Waals surface area (Å²) >= 11 is 5.75. The molecule has 2 rings (SSSR count). The maximum absolute atomic E-state index is 11.9. The van der Waals surface area contributed by atoms with Gasteiger partial charge in [-0.1, -0.05) is 12.2 Å². The predicted molar refractivity (Wildman–Crippen MR) is 76.6 cm³/mol. The highest BCUT2D eigenvalue weighted by Gasteiger charge is 2.24. The summed E-state index contributed by atoms with van der Waals surface area (Å²) in [5.41, 5.74) is 5.42. The van der Waals surface area contributed by atoms with Crippen molar-refractivity contribution < 1.29 is 13.2 Å². The van der Waals surface area contributed by atoms with Gasteiger partial charge in [0.25, 0.3) is 10.0 Å². The van der Waals surface area contributed by atoms with Crippen LogP contribution in [-0.2, 0) is 14.8 Å². The number of thiocarbonyl (C=S) groups is 1. The number of hydrogen-bond donors (Lipinski definition) is 3. The van der Waals surface area contributed by atoms with Crippen molar-refractivity contribution in [1.82, 2.24) is 10.0 Å². The molecule has 1 aliphatic carbocycles. The summed E-state index contributed by atoms with van der Waals surface area (Å²) < 4.78 is 26.2. The van der Waals surface area contributed by atoms with Crippen LogP contribution in [0.5, 0.6) is 0 Å². The van der Waals surface area contributed by atoms with Crippen LogP contribution in [0, 0.1) is 0 Å². The van der Waals surface area contributed by atoms with Gasteiger partial charge in [-0.05, 0) is 25.0 Å². The lowest BCUT2D eigenvalue weighted by molar-refractivity contribution is -0.120. The average Bonchev–Trinajstić information content (AvgIpc) is 2.97. The first kappa shape index (κ1) is 14.4. The van der Waals surface area contributed by atoms with E-state index in [9.17, 15) is 13.2 Å². The van der Waals surface area contributed by atoms with Crippen molar-refractivity contribution in [1.29, 1.82) is 0 Å². The van der Waals surface area contributed by atoms with Crippen LogP contribution in [0.4, 0.5) is 0 Å². The van der Waals surface area contributed by atoms with Gasteiger partial charge in [0, 0.05) is 6.04 Å². The summed E-state index contributed by atoms with van der Waals surface area (Å²) in [6.45, 7) is -0.265. The van der Waals surface area contributed by atoms with Crippen molar-refractivity contribution in [3.63, 3.8) is 0 Å². The molecule has 0 spiro atoms. The summed E-state index contributed by atoms with van der Waals surface area (Å²) in [5, 5.41) is 2.70. The Morgan fingerprint density at radius 3 is 2.68 bits per heavy atom. The Bertz CT molecular complexity index is 605. The minimum Gasteiger partial charge on any atom is -0.389 e. The number of carbonyl (C=O) groups is 1. The third-order valence-electron chi connectivity index (χ3n) is 2.45. The number of thiophene rings is 1. The first-order valence-electron chi connectivity index (χ1n) is 5.57. The quantitative estimate of drug-likeness (QED) is 0.638. The van der Waals surface area contributed by atoms with Gasteiger partial charge in [-0.25, -0.2) is 13.1 Å². The zero-order chi connectivity index (χ0) is 14.0. The molecule has 0 saturated heterocycles. The van der Waals surface area contributed by atoms with E-state index in [4.69, 9.17) is 18.0 Å². The molecule has 0 unspecified atom stereocenters. The number of rotatable bonds is 6. The summed E-state index contributed by atoms with van der Waals surface area (Å²) in [5.74, 6) is -0.322. The third kappa shape index (κ3) is 3.96. The largest absolute Gasteiger partial charge is 0.389 e. The molecule has 1 aromatic heterocycles. The summed E-state index contributed by atoms with van der Waals surface area (Å²) in [6.07, 6.45) is 1.92. The van der Waals surface area contributed by atoms with Gasteiger partial charge in [-0.15, -0.1) is 11.3 Å². The molecule has 0 bridgehead atoms. The average molecular weight is 319 g/mol.